The van der Waals surface area contributed by atoms with E-state index in [4.69, 9.17) is 9.73 Å². The van der Waals surface area contributed by atoms with Crippen molar-refractivity contribution >= 4 is 8.25 Å². The lowest BCUT2D eigenvalue weighted by molar-refractivity contribution is -0.158. The third kappa shape index (κ3) is 6.76. The van der Waals surface area contributed by atoms with Crippen molar-refractivity contribution in [2.75, 3.05) is 26.3 Å². The van der Waals surface area contributed by atoms with Crippen LogP contribution in [0, 0.1) is 0 Å². The van der Waals surface area contributed by atoms with Gasteiger partial charge in [-0.05, 0) is 0 Å². The molecule has 12 heavy (non-hydrogen) atoms. The van der Waals surface area contributed by atoms with Crippen LogP contribution in [0.4, 0.5) is 0 Å². The minimum absolute atomic E-state index is 0.158. The Kier molecular flexibility index (Phi) is 7.75. The Balaban J connectivity index is 3.23. The Labute approximate surface area is 73.2 Å². The molecule has 0 aromatic rings. The second-order valence-electron chi connectivity index (χ2n) is 2.06. The molecule has 0 saturated heterocycles. The smallest absolute Gasteiger partial charge is 0.316 e. The van der Waals surface area contributed by atoms with E-state index in [0.717, 1.165) is 13.1 Å². The maximum absolute atomic E-state index is 10.1. The quantitative estimate of drug-likeness (QED) is 0.369. The largest absolute Gasteiger partial charge is 0.326 e. The Hall–Kier alpha value is 0.0700. The lowest BCUT2D eigenvalue weighted by Gasteiger charge is -2.17. The van der Waals surface area contributed by atoms with Crippen LogP contribution in [0.1, 0.15) is 13.8 Å². The van der Waals surface area contributed by atoms with Gasteiger partial charge in [0, 0.05) is 13.1 Å². The van der Waals surface area contributed by atoms with Gasteiger partial charge < -0.3 is 9.42 Å². The van der Waals surface area contributed by atoms with Gasteiger partial charge in [-0.1, -0.05) is 13.8 Å². The van der Waals surface area contributed by atoms with Gasteiger partial charge >= 0.3 is 8.25 Å². The molecule has 0 aliphatic rings. The Morgan fingerprint density at radius 3 is 2.33 bits per heavy atom. The predicted molar refractivity (Wildman–Crippen MR) is 46.0 cm³/mol. The molecule has 5 nitrogen and oxygen atoms in total. The molecule has 0 heterocycles. The zero-order chi connectivity index (χ0) is 9.40. The van der Waals surface area contributed by atoms with Gasteiger partial charge in [0.05, 0.1) is 13.2 Å². The molecule has 0 fully saturated rings. The van der Waals surface area contributed by atoms with E-state index >= 15 is 0 Å². The highest BCUT2D eigenvalue weighted by Crippen LogP contribution is 2.13. The van der Waals surface area contributed by atoms with Gasteiger partial charge in [-0.2, -0.15) is 5.06 Å². The standard InChI is InChI=1S/C6H16NO4P/c1-3-7(4-2)10-5-6-11-12(8)9/h12H,3-6H2,1-2H3,(H,8,9). The van der Waals surface area contributed by atoms with Crippen LogP contribution in [0.25, 0.3) is 0 Å². The summed E-state index contributed by atoms with van der Waals surface area (Å²) in [5.74, 6) is 0. The summed E-state index contributed by atoms with van der Waals surface area (Å²) in [6.45, 7) is 6.01. The molecule has 6 heteroatoms. The van der Waals surface area contributed by atoms with Crippen LogP contribution in [0.2, 0.25) is 0 Å². The van der Waals surface area contributed by atoms with Crippen LogP contribution in [-0.4, -0.2) is 36.3 Å². The highest BCUT2D eigenvalue weighted by Gasteiger charge is 1.98. The molecule has 0 aliphatic carbocycles. The number of hydrogen-bond acceptors (Lipinski definition) is 4. The van der Waals surface area contributed by atoms with E-state index < -0.39 is 8.25 Å². The van der Waals surface area contributed by atoms with Gasteiger partial charge in [0.25, 0.3) is 0 Å². The molecule has 1 atom stereocenters. The van der Waals surface area contributed by atoms with Crippen molar-refractivity contribution in [2.45, 2.75) is 13.8 Å². The topological polar surface area (TPSA) is 59.0 Å². The lowest BCUT2D eigenvalue weighted by atomic mass is 10.6. The van der Waals surface area contributed by atoms with E-state index in [0.29, 0.717) is 6.61 Å². The van der Waals surface area contributed by atoms with Crippen LogP contribution in [0.5, 0.6) is 0 Å². The average molecular weight is 197 g/mol. The fourth-order valence-electron chi connectivity index (χ4n) is 0.702. The molecule has 0 aromatic heterocycles. The third-order valence-electron chi connectivity index (χ3n) is 1.29. The fraction of sp³-hybridized carbons (Fsp3) is 1.00. The van der Waals surface area contributed by atoms with Gasteiger partial charge in [-0.15, -0.1) is 0 Å². The monoisotopic (exact) mass is 197 g/mol. The molecule has 0 aliphatic heterocycles. The first-order valence-electron chi connectivity index (χ1n) is 3.94. The highest BCUT2D eigenvalue weighted by atomic mass is 31.1. The maximum Gasteiger partial charge on any atom is 0.316 e. The van der Waals surface area contributed by atoms with Crippen LogP contribution in [-0.2, 0) is 13.9 Å². The van der Waals surface area contributed by atoms with Crippen LogP contribution in [0.15, 0.2) is 0 Å². The van der Waals surface area contributed by atoms with E-state index in [9.17, 15) is 4.57 Å². The Bertz CT molecular complexity index is 129. The van der Waals surface area contributed by atoms with E-state index in [2.05, 4.69) is 4.52 Å². The average Bonchev–Trinajstić information content (AvgIpc) is 2.04. The molecule has 1 unspecified atom stereocenters. The summed E-state index contributed by atoms with van der Waals surface area (Å²) < 4.78 is 14.5. The van der Waals surface area contributed by atoms with Crippen molar-refractivity contribution < 1.29 is 18.8 Å². The minimum atomic E-state index is -2.79. The van der Waals surface area contributed by atoms with E-state index in [-0.39, 0.29) is 6.61 Å². The number of rotatable bonds is 7. The van der Waals surface area contributed by atoms with Crippen LogP contribution >= 0.6 is 8.25 Å². The Morgan fingerprint density at radius 1 is 1.33 bits per heavy atom. The summed E-state index contributed by atoms with van der Waals surface area (Å²) in [7, 11) is -2.79. The van der Waals surface area contributed by atoms with Crippen LogP contribution < -0.4 is 0 Å². The summed E-state index contributed by atoms with van der Waals surface area (Å²) in [6.07, 6.45) is 0. The van der Waals surface area contributed by atoms with Crippen LogP contribution in [0.3, 0.4) is 0 Å². The summed E-state index contributed by atoms with van der Waals surface area (Å²) in [4.78, 5) is 13.5. The SMILES string of the molecule is CCN(CC)OCCO[PH](=O)O. The molecule has 0 amide bonds. The molecule has 0 rings (SSSR count). The van der Waals surface area contributed by atoms with E-state index in [1.54, 1.807) is 5.06 Å². The molecule has 0 saturated carbocycles. The van der Waals surface area contributed by atoms with Gasteiger partial charge in [-0.3, -0.25) is 9.40 Å². The normalized spacial score (nSPS) is 13.7. The summed E-state index contributed by atoms with van der Waals surface area (Å²) >= 11 is 0. The van der Waals surface area contributed by atoms with E-state index in [1.807, 2.05) is 13.8 Å². The third-order valence-corrected chi connectivity index (χ3v) is 1.74. The summed E-state index contributed by atoms with van der Waals surface area (Å²) in [5.41, 5.74) is 0. The van der Waals surface area contributed by atoms with Crippen molar-refractivity contribution in [3.8, 4) is 0 Å². The van der Waals surface area contributed by atoms with Gasteiger partial charge in [0.2, 0.25) is 0 Å². The second-order valence-corrected chi connectivity index (χ2v) is 2.88. The molecule has 0 spiro atoms. The zero-order valence-electron chi connectivity index (χ0n) is 7.45. The first-order chi connectivity index (χ1) is 5.70. The van der Waals surface area contributed by atoms with Crippen molar-refractivity contribution in [3.63, 3.8) is 0 Å². The number of nitrogens with zero attached hydrogens (tertiary/aromatic N) is 1. The second kappa shape index (κ2) is 7.71. The van der Waals surface area contributed by atoms with Gasteiger partial charge in [0.1, 0.15) is 0 Å². The molecule has 0 aromatic carbocycles. The summed E-state index contributed by atoms with van der Waals surface area (Å²) in [5, 5.41) is 1.75. The van der Waals surface area contributed by atoms with Gasteiger partial charge in [0.15, 0.2) is 0 Å². The fourth-order valence-corrected chi connectivity index (χ4v) is 0.959. The van der Waals surface area contributed by atoms with Crippen molar-refractivity contribution in [2.24, 2.45) is 0 Å². The maximum atomic E-state index is 10.1. The van der Waals surface area contributed by atoms with Crippen molar-refractivity contribution in [3.05, 3.63) is 0 Å². The first kappa shape index (κ1) is 12.1. The molecule has 0 radical (unpaired) electrons. The number of hydrogen-bond donors (Lipinski definition) is 1. The summed E-state index contributed by atoms with van der Waals surface area (Å²) in [6, 6.07) is 0. The molecule has 1 N–H and O–H groups in total. The number of hydroxylamine groups is 2. The minimum Gasteiger partial charge on any atom is -0.326 e. The Morgan fingerprint density at radius 2 is 1.92 bits per heavy atom. The van der Waals surface area contributed by atoms with Crippen molar-refractivity contribution in [1.29, 1.82) is 0 Å². The van der Waals surface area contributed by atoms with E-state index in [1.165, 1.54) is 0 Å². The molecule has 0 bridgehead atoms. The molecule has 74 valence electrons. The first-order valence-corrected chi connectivity index (χ1v) is 5.20. The lowest BCUT2D eigenvalue weighted by Crippen LogP contribution is -2.24. The van der Waals surface area contributed by atoms with Crippen molar-refractivity contribution in [1.82, 2.24) is 5.06 Å². The molecular weight excluding hydrogens is 181 g/mol. The molecular formula is C6H16NO4P. The zero-order valence-corrected chi connectivity index (χ0v) is 8.45. The van der Waals surface area contributed by atoms with Gasteiger partial charge in [-0.25, -0.2) is 0 Å². The highest BCUT2D eigenvalue weighted by molar-refractivity contribution is 7.32. The predicted octanol–water partition coefficient (Wildman–Crippen LogP) is 0.658.